The molecule has 30 heavy (non-hydrogen) atoms. The number of sulfonamides is 1. The highest BCUT2D eigenvalue weighted by Crippen LogP contribution is 2.27. The molecule has 3 aromatic rings. The second-order valence-corrected chi connectivity index (χ2v) is 8.89. The lowest BCUT2D eigenvalue weighted by atomic mass is 9.97. The van der Waals surface area contributed by atoms with Gasteiger partial charge in [-0.15, -0.1) is 0 Å². The Kier molecular flexibility index (Phi) is 5.72. The van der Waals surface area contributed by atoms with E-state index in [0.29, 0.717) is 12.4 Å². The molecule has 0 aliphatic carbocycles. The summed E-state index contributed by atoms with van der Waals surface area (Å²) in [4.78, 5) is 11.6. The summed E-state index contributed by atoms with van der Waals surface area (Å²) < 4.78 is 37.2. The quantitative estimate of drug-likeness (QED) is 0.648. The Morgan fingerprint density at radius 1 is 0.867 bits per heavy atom. The van der Waals surface area contributed by atoms with Crippen LogP contribution in [-0.2, 0) is 21.4 Å². The zero-order chi connectivity index (χ0) is 21.0. The molecule has 1 amide bonds. The standard InChI is InChI=1S/C23H21NO5S/c25-23-14-19(16-30(26,27)24-23)18-9-11-20(12-10-18)28-15-17-5-4-8-22(13-17)29-21-6-2-1-3-7-21/h1-13,19H,14-16H2,(H,24,25). The number of hydrogen-bond acceptors (Lipinski definition) is 5. The summed E-state index contributed by atoms with van der Waals surface area (Å²) in [7, 11) is -3.56. The number of amides is 1. The summed E-state index contributed by atoms with van der Waals surface area (Å²) in [5.74, 6) is 1.26. The Labute approximate surface area is 175 Å². The highest BCUT2D eigenvalue weighted by atomic mass is 32.2. The van der Waals surface area contributed by atoms with Gasteiger partial charge in [-0.2, -0.15) is 0 Å². The first kappa shape index (κ1) is 20.0. The monoisotopic (exact) mass is 423 g/mol. The van der Waals surface area contributed by atoms with Crippen molar-refractivity contribution < 1.29 is 22.7 Å². The molecule has 0 aromatic heterocycles. The van der Waals surface area contributed by atoms with Crippen molar-refractivity contribution in [2.75, 3.05) is 5.75 Å². The predicted octanol–water partition coefficient (Wildman–Crippen LogP) is 3.99. The minimum atomic E-state index is -3.56. The number of rotatable bonds is 6. The lowest BCUT2D eigenvalue weighted by Gasteiger charge is -2.22. The maximum atomic E-state index is 11.7. The number of ether oxygens (including phenoxy) is 2. The first-order chi connectivity index (χ1) is 14.5. The van der Waals surface area contributed by atoms with Crippen LogP contribution in [0.15, 0.2) is 78.9 Å². The van der Waals surface area contributed by atoms with Crippen molar-refractivity contribution in [1.82, 2.24) is 4.72 Å². The van der Waals surface area contributed by atoms with Gasteiger partial charge in [-0.1, -0.05) is 42.5 Å². The van der Waals surface area contributed by atoms with Gasteiger partial charge in [0.1, 0.15) is 23.9 Å². The second kappa shape index (κ2) is 8.59. The van der Waals surface area contributed by atoms with Crippen LogP contribution in [0.2, 0.25) is 0 Å². The zero-order valence-corrected chi connectivity index (χ0v) is 17.0. The maximum Gasteiger partial charge on any atom is 0.235 e. The van der Waals surface area contributed by atoms with Gasteiger partial charge in [0, 0.05) is 12.3 Å². The van der Waals surface area contributed by atoms with Gasteiger partial charge in [-0.05, 0) is 47.5 Å². The molecule has 1 N–H and O–H groups in total. The highest BCUT2D eigenvalue weighted by Gasteiger charge is 2.30. The molecular weight excluding hydrogens is 402 g/mol. The van der Waals surface area contributed by atoms with Gasteiger partial charge >= 0.3 is 0 Å². The van der Waals surface area contributed by atoms with Crippen LogP contribution in [0.4, 0.5) is 0 Å². The van der Waals surface area contributed by atoms with Crippen LogP contribution >= 0.6 is 0 Å². The van der Waals surface area contributed by atoms with Crippen LogP contribution in [0.1, 0.15) is 23.5 Å². The third-order valence-corrected chi connectivity index (χ3v) is 6.14. The number of carbonyl (C=O) groups excluding carboxylic acids is 1. The third-order valence-electron chi connectivity index (χ3n) is 4.76. The van der Waals surface area contributed by atoms with Crippen molar-refractivity contribution in [2.24, 2.45) is 0 Å². The molecule has 0 radical (unpaired) electrons. The minimum Gasteiger partial charge on any atom is -0.489 e. The minimum absolute atomic E-state index is 0.0901. The molecule has 1 unspecified atom stereocenters. The van der Waals surface area contributed by atoms with E-state index in [9.17, 15) is 13.2 Å². The number of hydrogen-bond donors (Lipinski definition) is 1. The van der Waals surface area contributed by atoms with E-state index >= 15 is 0 Å². The average molecular weight is 423 g/mol. The van der Waals surface area contributed by atoms with E-state index < -0.39 is 15.9 Å². The molecule has 1 atom stereocenters. The average Bonchev–Trinajstić information content (AvgIpc) is 2.72. The van der Waals surface area contributed by atoms with E-state index in [2.05, 4.69) is 0 Å². The molecule has 3 aromatic carbocycles. The van der Waals surface area contributed by atoms with Gasteiger partial charge in [0.25, 0.3) is 0 Å². The van der Waals surface area contributed by atoms with Crippen molar-refractivity contribution in [3.8, 4) is 17.2 Å². The smallest absolute Gasteiger partial charge is 0.235 e. The number of nitrogens with one attached hydrogen (secondary N) is 1. The van der Waals surface area contributed by atoms with Gasteiger partial charge in [0.2, 0.25) is 15.9 Å². The molecule has 7 heteroatoms. The Bertz CT molecular complexity index is 1130. The van der Waals surface area contributed by atoms with Crippen LogP contribution in [0.5, 0.6) is 17.2 Å². The van der Waals surface area contributed by atoms with Crippen molar-refractivity contribution >= 4 is 15.9 Å². The largest absolute Gasteiger partial charge is 0.489 e. The number of benzene rings is 3. The molecule has 1 saturated heterocycles. The van der Waals surface area contributed by atoms with Gasteiger partial charge in [0.15, 0.2) is 0 Å². The van der Waals surface area contributed by atoms with E-state index in [1.165, 1.54) is 0 Å². The van der Waals surface area contributed by atoms with Crippen LogP contribution in [0.25, 0.3) is 0 Å². The first-order valence-electron chi connectivity index (χ1n) is 9.55. The van der Waals surface area contributed by atoms with E-state index in [1.54, 1.807) is 12.1 Å². The summed E-state index contributed by atoms with van der Waals surface area (Å²) in [5, 5.41) is 0. The van der Waals surface area contributed by atoms with Crippen LogP contribution < -0.4 is 14.2 Å². The Hall–Kier alpha value is -3.32. The second-order valence-electron chi connectivity index (χ2n) is 7.13. The topological polar surface area (TPSA) is 81.7 Å². The summed E-state index contributed by atoms with van der Waals surface area (Å²) in [6.45, 7) is 0.367. The number of para-hydroxylation sites is 1. The molecular formula is C23H21NO5S. The zero-order valence-electron chi connectivity index (χ0n) is 16.2. The predicted molar refractivity (Wildman–Crippen MR) is 113 cm³/mol. The molecule has 1 fully saturated rings. The summed E-state index contributed by atoms with van der Waals surface area (Å²) in [6, 6.07) is 24.4. The molecule has 1 aliphatic rings. The van der Waals surface area contributed by atoms with Crippen molar-refractivity contribution in [1.29, 1.82) is 0 Å². The van der Waals surface area contributed by atoms with E-state index in [0.717, 1.165) is 22.6 Å². The fourth-order valence-electron chi connectivity index (χ4n) is 3.34. The number of carbonyl (C=O) groups is 1. The molecule has 0 spiro atoms. The van der Waals surface area contributed by atoms with Crippen molar-refractivity contribution in [2.45, 2.75) is 18.9 Å². The van der Waals surface area contributed by atoms with E-state index in [-0.39, 0.29) is 18.1 Å². The molecule has 4 rings (SSSR count). The summed E-state index contributed by atoms with van der Waals surface area (Å²) >= 11 is 0. The van der Waals surface area contributed by atoms with Crippen LogP contribution in [0.3, 0.4) is 0 Å². The van der Waals surface area contributed by atoms with Crippen molar-refractivity contribution in [3.63, 3.8) is 0 Å². The highest BCUT2D eigenvalue weighted by molar-refractivity contribution is 7.90. The summed E-state index contributed by atoms with van der Waals surface area (Å²) in [6.07, 6.45) is 0.160. The van der Waals surface area contributed by atoms with E-state index in [1.807, 2.05) is 71.5 Å². The molecule has 1 heterocycles. The lowest BCUT2D eigenvalue weighted by Crippen LogP contribution is -2.40. The normalized spacial score (nSPS) is 17.7. The first-order valence-corrected chi connectivity index (χ1v) is 11.2. The van der Waals surface area contributed by atoms with Gasteiger partial charge in [-0.3, -0.25) is 9.52 Å². The van der Waals surface area contributed by atoms with Gasteiger partial charge in [-0.25, -0.2) is 8.42 Å². The molecule has 154 valence electrons. The van der Waals surface area contributed by atoms with Gasteiger partial charge in [0.05, 0.1) is 5.75 Å². The maximum absolute atomic E-state index is 11.7. The third kappa shape index (κ3) is 5.18. The summed E-state index contributed by atoms with van der Waals surface area (Å²) in [5.41, 5.74) is 1.77. The molecule has 1 aliphatic heterocycles. The Balaban J connectivity index is 1.37. The van der Waals surface area contributed by atoms with Crippen LogP contribution in [0, 0.1) is 0 Å². The molecule has 6 nitrogen and oxygen atoms in total. The van der Waals surface area contributed by atoms with E-state index in [4.69, 9.17) is 9.47 Å². The fourth-order valence-corrected chi connectivity index (χ4v) is 4.70. The Morgan fingerprint density at radius 3 is 2.33 bits per heavy atom. The fraction of sp³-hybridized carbons (Fsp3) is 0.174. The SMILES string of the molecule is O=C1CC(c2ccc(OCc3cccc(Oc4ccccc4)c3)cc2)CS(=O)(=O)N1. The molecule has 0 bridgehead atoms. The van der Waals surface area contributed by atoms with Crippen LogP contribution in [-0.4, -0.2) is 20.1 Å². The lowest BCUT2D eigenvalue weighted by molar-refractivity contribution is -0.119. The van der Waals surface area contributed by atoms with Gasteiger partial charge < -0.3 is 9.47 Å². The van der Waals surface area contributed by atoms with Crippen molar-refractivity contribution in [3.05, 3.63) is 90.0 Å². The molecule has 0 saturated carbocycles. The Morgan fingerprint density at radius 2 is 1.60 bits per heavy atom.